The van der Waals surface area contributed by atoms with Crippen LogP contribution in [0.4, 0.5) is 9.59 Å². The van der Waals surface area contributed by atoms with Gasteiger partial charge in [-0.25, -0.2) is 9.59 Å². The summed E-state index contributed by atoms with van der Waals surface area (Å²) in [5.74, 6) is -0.923. The summed E-state index contributed by atoms with van der Waals surface area (Å²) in [7, 11) is 2.97. The minimum atomic E-state index is -1.21. The monoisotopic (exact) mass is 623 g/mol. The highest BCUT2D eigenvalue weighted by Crippen LogP contribution is 2.23. The number of likely N-dealkylation sites (N-methyl/N-ethyl adjacent to an activating group) is 2. The van der Waals surface area contributed by atoms with E-state index in [1.54, 1.807) is 62.1 Å². The van der Waals surface area contributed by atoms with Crippen LogP contribution in [0.3, 0.4) is 0 Å². The quantitative estimate of drug-likeness (QED) is 0.528. The number of fused-ring (bicyclic) bond motifs is 3. The minimum Gasteiger partial charge on any atom is -0.491 e. The Morgan fingerprint density at radius 2 is 1.67 bits per heavy atom. The molecule has 4 rings (SSSR count). The summed E-state index contributed by atoms with van der Waals surface area (Å²) in [6, 6.07) is 13.6. The van der Waals surface area contributed by atoms with Gasteiger partial charge >= 0.3 is 12.2 Å². The second kappa shape index (κ2) is 14.3. The van der Waals surface area contributed by atoms with Crippen LogP contribution < -0.4 is 15.4 Å². The van der Waals surface area contributed by atoms with Crippen molar-refractivity contribution in [1.29, 1.82) is 0 Å². The molecule has 2 heterocycles. The zero-order valence-corrected chi connectivity index (χ0v) is 26.3. The highest BCUT2D eigenvalue weighted by Gasteiger charge is 2.38. The van der Waals surface area contributed by atoms with Gasteiger partial charge in [-0.1, -0.05) is 36.4 Å². The van der Waals surface area contributed by atoms with Crippen LogP contribution in [-0.4, -0.2) is 109 Å². The molecular weight excluding hydrogens is 582 g/mol. The largest absolute Gasteiger partial charge is 0.491 e. The molecule has 2 aromatic carbocycles. The lowest BCUT2D eigenvalue weighted by molar-refractivity contribution is -0.141. The number of amides is 5. The van der Waals surface area contributed by atoms with E-state index in [1.165, 1.54) is 23.9 Å². The molecule has 2 bridgehead atoms. The van der Waals surface area contributed by atoms with Crippen molar-refractivity contribution in [3.63, 3.8) is 0 Å². The second-order valence-corrected chi connectivity index (χ2v) is 12.3. The lowest BCUT2D eigenvalue weighted by Crippen LogP contribution is -2.55. The summed E-state index contributed by atoms with van der Waals surface area (Å²) in [6.07, 6.45) is -1.05. The molecule has 5 amide bonds. The molecule has 0 aliphatic carbocycles. The second-order valence-electron chi connectivity index (χ2n) is 12.3. The molecule has 0 aromatic heterocycles. The van der Waals surface area contributed by atoms with Gasteiger partial charge in [0.25, 0.3) is 5.91 Å². The van der Waals surface area contributed by atoms with Gasteiger partial charge in [-0.15, -0.1) is 0 Å². The zero-order chi connectivity index (χ0) is 32.7. The van der Waals surface area contributed by atoms with Crippen LogP contribution in [-0.2, 0) is 25.7 Å². The first-order valence-electron chi connectivity index (χ1n) is 14.8. The molecule has 45 heavy (non-hydrogen) atoms. The number of nitrogens with zero attached hydrogens (tertiary/aromatic N) is 3. The first-order chi connectivity index (χ1) is 21.3. The molecule has 2 aromatic rings. The van der Waals surface area contributed by atoms with Gasteiger partial charge in [-0.05, 0) is 51.0 Å². The van der Waals surface area contributed by atoms with Crippen molar-refractivity contribution in [2.45, 2.75) is 57.5 Å². The molecule has 2 aliphatic heterocycles. The predicted molar refractivity (Wildman–Crippen MR) is 163 cm³/mol. The van der Waals surface area contributed by atoms with Gasteiger partial charge < -0.3 is 39.5 Å². The van der Waals surface area contributed by atoms with Gasteiger partial charge in [0, 0.05) is 26.2 Å². The summed E-state index contributed by atoms with van der Waals surface area (Å²) >= 11 is 0. The number of hydrogen-bond donors (Lipinski definition) is 2. The standard InChI is InChI=1S/C32H41N5O8/c1-32(2,3)45-31(42)33-23-15-24-20-43-25-13-9-12-22(14-25)28(39)35(4)17-26(29(40)36(5)18-27(38)37(24)16-23)34-30(41)44-19-21-10-7-6-8-11-21/h6-14,23-24,26H,15-20H2,1-5H3,(H,33,42)(H,34,41)/t23-,24-,26+/m0/s1. The topological polar surface area (TPSA) is 147 Å². The van der Waals surface area contributed by atoms with Gasteiger partial charge in [0.05, 0.1) is 25.2 Å². The Kier molecular flexibility index (Phi) is 10.5. The van der Waals surface area contributed by atoms with E-state index in [0.29, 0.717) is 17.7 Å². The molecular formula is C32H41N5O8. The first-order valence-corrected chi connectivity index (χ1v) is 14.8. The van der Waals surface area contributed by atoms with E-state index < -0.39 is 47.7 Å². The van der Waals surface area contributed by atoms with Crippen LogP contribution in [0.15, 0.2) is 54.6 Å². The fourth-order valence-electron chi connectivity index (χ4n) is 5.18. The minimum absolute atomic E-state index is 0.0156. The van der Waals surface area contributed by atoms with E-state index >= 15 is 0 Å². The Labute approximate surface area is 262 Å². The molecule has 0 spiro atoms. The number of rotatable bonds is 4. The molecule has 2 aliphatic rings. The molecule has 0 unspecified atom stereocenters. The number of hydrogen-bond acceptors (Lipinski definition) is 8. The summed E-state index contributed by atoms with van der Waals surface area (Å²) in [5.41, 5.74) is 0.391. The average molecular weight is 624 g/mol. The average Bonchev–Trinajstić information content (AvgIpc) is 3.39. The van der Waals surface area contributed by atoms with Crippen LogP contribution in [0.5, 0.6) is 5.75 Å². The first kappa shape index (κ1) is 33.1. The third-order valence-corrected chi connectivity index (χ3v) is 7.33. The van der Waals surface area contributed by atoms with Crippen LogP contribution >= 0.6 is 0 Å². The molecule has 13 heteroatoms. The van der Waals surface area contributed by atoms with Crippen molar-refractivity contribution < 1.29 is 38.2 Å². The fraction of sp³-hybridized carbons (Fsp3) is 0.469. The maximum Gasteiger partial charge on any atom is 0.408 e. The fourth-order valence-corrected chi connectivity index (χ4v) is 5.18. The molecule has 3 atom stereocenters. The number of nitrogens with one attached hydrogen (secondary N) is 2. The number of carbonyl (C=O) groups is 5. The Bertz CT molecular complexity index is 1400. The zero-order valence-electron chi connectivity index (χ0n) is 26.3. The van der Waals surface area contributed by atoms with E-state index in [2.05, 4.69) is 10.6 Å². The van der Waals surface area contributed by atoms with Gasteiger partial charge in [0.1, 0.15) is 30.6 Å². The smallest absolute Gasteiger partial charge is 0.408 e. The number of ether oxygens (including phenoxy) is 3. The van der Waals surface area contributed by atoms with Crippen LogP contribution in [0, 0.1) is 0 Å². The van der Waals surface area contributed by atoms with Crippen molar-refractivity contribution in [3.05, 3.63) is 65.7 Å². The lowest BCUT2D eigenvalue weighted by Gasteiger charge is -2.30. The molecule has 0 radical (unpaired) electrons. The third-order valence-electron chi connectivity index (χ3n) is 7.33. The summed E-state index contributed by atoms with van der Waals surface area (Å²) in [5, 5.41) is 5.39. The Morgan fingerprint density at radius 3 is 2.38 bits per heavy atom. The van der Waals surface area contributed by atoms with Gasteiger partial charge in [-0.3, -0.25) is 14.4 Å². The third kappa shape index (κ3) is 9.34. The van der Waals surface area contributed by atoms with E-state index in [4.69, 9.17) is 14.2 Å². The molecule has 2 N–H and O–H groups in total. The van der Waals surface area contributed by atoms with E-state index in [1.807, 2.05) is 18.2 Å². The molecule has 1 fully saturated rings. The van der Waals surface area contributed by atoms with Crippen molar-refractivity contribution >= 4 is 29.9 Å². The number of carbonyl (C=O) groups excluding carboxylic acids is 5. The van der Waals surface area contributed by atoms with Crippen LogP contribution in [0.2, 0.25) is 0 Å². The Hall–Kier alpha value is -4.81. The summed E-state index contributed by atoms with van der Waals surface area (Å²) in [4.78, 5) is 69.9. The van der Waals surface area contributed by atoms with Gasteiger partial charge in [-0.2, -0.15) is 0 Å². The van der Waals surface area contributed by atoms with Gasteiger partial charge in [0.15, 0.2) is 0 Å². The molecule has 242 valence electrons. The highest BCUT2D eigenvalue weighted by atomic mass is 16.6. The molecule has 13 nitrogen and oxygen atoms in total. The predicted octanol–water partition coefficient (Wildman–Crippen LogP) is 2.40. The number of benzene rings is 2. The van der Waals surface area contributed by atoms with Crippen LogP contribution in [0.1, 0.15) is 43.1 Å². The van der Waals surface area contributed by atoms with Crippen molar-refractivity contribution in [1.82, 2.24) is 25.3 Å². The van der Waals surface area contributed by atoms with Crippen molar-refractivity contribution in [3.8, 4) is 5.75 Å². The highest BCUT2D eigenvalue weighted by molar-refractivity contribution is 5.95. The summed E-state index contributed by atoms with van der Waals surface area (Å²) in [6.45, 7) is 5.06. The van der Waals surface area contributed by atoms with Crippen LogP contribution in [0.25, 0.3) is 0 Å². The maximum absolute atomic E-state index is 13.7. The summed E-state index contributed by atoms with van der Waals surface area (Å²) < 4.78 is 16.7. The maximum atomic E-state index is 13.7. The Morgan fingerprint density at radius 1 is 0.933 bits per heavy atom. The Balaban J connectivity index is 1.55. The van der Waals surface area contributed by atoms with E-state index in [0.717, 1.165) is 5.56 Å². The van der Waals surface area contributed by atoms with Gasteiger partial charge in [0.2, 0.25) is 11.8 Å². The van der Waals surface area contributed by atoms with E-state index in [9.17, 15) is 24.0 Å². The van der Waals surface area contributed by atoms with Crippen molar-refractivity contribution in [2.24, 2.45) is 0 Å². The number of alkyl carbamates (subject to hydrolysis) is 2. The molecule has 0 saturated carbocycles. The SMILES string of the molecule is CN1C[C@@H](NC(=O)OCc2ccccc2)C(=O)N(C)CC(=O)N2C[C@@H](NC(=O)OC(C)(C)C)C[C@H]2COc2cccc(c2)C1=O. The normalized spacial score (nSPS) is 21.2. The van der Waals surface area contributed by atoms with E-state index in [-0.39, 0.29) is 38.8 Å². The lowest BCUT2D eigenvalue weighted by atomic mass is 10.1. The molecule has 1 saturated heterocycles. The van der Waals surface area contributed by atoms with Crippen molar-refractivity contribution in [2.75, 3.05) is 40.3 Å².